The van der Waals surface area contributed by atoms with Crippen LogP contribution in [0.2, 0.25) is 0 Å². The number of amides is 6. The zero-order valence-electron chi connectivity index (χ0n) is 37.2. The molecule has 338 valence electrons. The number of anilines is 1. The number of rotatable bonds is 14. The van der Waals surface area contributed by atoms with Gasteiger partial charge in [-0.15, -0.1) is 0 Å². The highest BCUT2D eigenvalue weighted by atomic mass is 16.5. The Balaban J connectivity index is 1.34. The molecule has 3 saturated heterocycles. The second-order valence-corrected chi connectivity index (χ2v) is 17.8. The van der Waals surface area contributed by atoms with Crippen molar-refractivity contribution in [1.29, 1.82) is 0 Å². The van der Waals surface area contributed by atoms with Crippen LogP contribution in [0.3, 0.4) is 0 Å². The van der Waals surface area contributed by atoms with E-state index >= 15 is 0 Å². The van der Waals surface area contributed by atoms with E-state index in [0.717, 1.165) is 39.5 Å². The highest BCUT2D eigenvalue weighted by molar-refractivity contribution is 5.96. The number of nitrogens with zero attached hydrogens (tertiary/aromatic N) is 5. The van der Waals surface area contributed by atoms with Crippen molar-refractivity contribution in [3.63, 3.8) is 0 Å². The van der Waals surface area contributed by atoms with Gasteiger partial charge in [0, 0.05) is 32.9 Å². The predicted octanol–water partition coefficient (Wildman–Crippen LogP) is 5.65. The zero-order valence-corrected chi connectivity index (χ0v) is 37.2. The maximum Gasteiger partial charge on any atom is 0.407 e. The van der Waals surface area contributed by atoms with Gasteiger partial charge in [0.1, 0.15) is 28.9 Å². The lowest BCUT2D eigenvalue weighted by molar-refractivity contribution is -0.148. The fourth-order valence-electron chi connectivity index (χ4n) is 10.5. The largest absolute Gasteiger partial charge is 0.497 e. The maximum absolute atomic E-state index is 14.1. The maximum atomic E-state index is 14.1. The number of benzene rings is 3. The number of carbonyl (C=O) groups excluding carboxylic acids is 4. The third-order valence-electron chi connectivity index (χ3n) is 13.6. The summed E-state index contributed by atoms with van der Waals surface area (Å²) in [6.07, 6.45) is 0.650. The molecule has 0 spiro atoms. The monoisotopic (exact) mass is 867 g/mol. The minimum atomic E-state index is -1.46. The molecule has 63 heavy (non-hydrogen) atoms. The Morgan fingerprint density at radius 3 is 1.30 bits per heavy atom. The summed E-state index contributed by atoms with van der Waals surface area (Å²) in [7, 11) is 4.32. The van der Waals surface area contributed by atoms with E-state index in [1.807, 2.05) is 72.8 Å². The Labute approximate surface area is 368 Å². The lowest BCUT2D eigenvalue weighted by atomic mass is 9.84. The molecule has 16 heteroatoms. The number of likely N-dealkylation sites (N-methyl/N-ethyl adjacent to an activating group) is 2. The van der Waals surface area contributed by atoms with E-state index in [-0.39, 0.29) is 37.0 Å². The molecule has 16 nitrogen and oxygen atoms in total. The Morgan fingerprint density at radius 1 is 0.635 bits per heavy atom. The summed E-state index contributed by atoms with van der Waals surface area (Å²) < 4.78 is 5.48. The molecule has 6 atom stereocenters. The van der Waals surface area contributed by atoms with Crippen LogP contribution in [-0.2, 0) is 30.3 Å². The van der Waals surface area contributed by atoms with Crippen molar-refractivity contribution in [2.24, 2.45) is 23.3 Å². The molecule has 0 bridgehead atoms. The van der Waals surface area contributed by atoms with E-state index in [2.05, 4.69) is 4.90 Å². The van der Waals surface area contributed by atoms with Crippen molar-refractivity contribution in [3.05, 3.63) is 95.1 Å². The third-order valence-corrected chi connectivity index (χ3v) is 13.6. The minimum absolute atomic E-state index is 0.128. The number of hydrogen-bond acceptors (Lipinski definition) is 8. The Hall–Kier alpha value is -6.32. The zero-order chi connectivity index (χ0) is 46.1. The summed E-state index contributed by atoms with van der Waals surface area (Å²) in [4.78, 5) is 86.5. The molecule has 0 aromatic heterocycles. The van der Waals surface area contributed by atoms with Crippen LogP contribution in [0.4, 0.5) is 15.3 Å². The van der Waals surface area contributed by atoms with Crippen molar-refractivity contribution in [2.45, 2.75) is 101 Å². The summed E-state index contributed by atoms with van der Waals surface area (Å²) in [5.74, 6) is -2.31. The number of hydrogen-bond donors (Lipinski definition) is 4. The smallest absolute Gasteiger partial charge is 0.407 e. The molecule has 0 saturated carbocycles. The standard InChI is InChI=1S/C47H61N7O9/c1-28(2)38(50(5)44(59)60)40(55)52-26-8-24-46(52,42(48)57)32-14-10-30(11-15-32)36-22-23-37(54(36)34-18-20-35(63-7)21-19-34)31-12-16-33(17-13-31)47(43(49)58)25-9-27-53(47)41(56)39(29(3)4)51(6)45(61)62/h10-21,28-29,36-39H,8-9,22-27H2,1-7H3,(H2,48,57)(H2,49,58)(H,59,60)(H,61,62)/t36-,37?,38+,39+,46+,47+/m1/s1. The molecule has 0 aliphatic carbocycles. The fourth-order valence-corrected chi connectivity index (χ4v) is 10.5. The highest BCUT2D eigenvalue weighted by Gasteiger charge is 2.54. The summed E-state index contributed by atoms with van der Waals surface area (Å²) in [6, 6.07) is 20.8. The van der Waals surface area contributed by atoms with Crippen molar-refractivity contribution in [2.75, 3.05) is 39.2 Å². The topological polar surface area (TPSA) is 220 Å². The molecule has 6 rings (SSSR count). The van der Waals surface area contributed by atoms with Crippen LogP contribution in [0.25, 0.3) is 0 Å². The van der Waals surface area contributed by atoms with Gasteiger partial charge in [-0.1, -0.05) is 76.2 Å². The van der Waals surface area contributed by atoms with Crippen LogP contribution >= 0.6 is 0 Å². The molecule has 3 aliphatic heterocycles. The SMILES string of the molecule is COc1ccc(N2C(c3ccc([C@]4(C(N)=O)CCCN4C(=O)[C@H](C(C)C)N(C)C(=O)O)cc3)CC[C@@H]2c2ccc([C@]3(C(N)=O)CCCN3C(=O)[C@H](C(C)C)N(C)C(=O)O)cc2)cc1. The first-order valence-electron chi connectivity index (χ1n) is 21.6. The Morgan fingerprint density at radius 2 is 1.00 bits per heavy atom. The van der Waals surface area contributed by atoms with E-state index in [0.29, 0.717) is 42.6 Å². The van der Waals surface area contributed by atoms with Gasteiger partial charge in [-0.2, -0.15) is 0 Å². The fraction of sp³-hybridized carbons (Fsp3) is 0.489. The first-order chi connectivity index (χ1) is 29.8. The van der Waals surface area contributed by atoms with Gasteiger partial charge in [-0.25, -0.2) is 9.59 Å². The van der Waals surface area contributed by atoms with Crippen LogP contribution < -0.4 is 21.1 Å². The van der Waals surface area contributed by atoms with Gasteiger partial charge in [-0.05, 0) is 96.9 Å². The minimum Gasteiger partial charge on any atom is -0.497 e. The molecule has 3 heterocycles. The number of carboxylic acid groups (broad SMARTS) is 2. The van der Waals surface area contributed by atoms with Crippen molar-refractivity contribution in [1.82, 2.24) is 19.6 Å². The van der Waals surface area contributed by atoms with Crippen molar-refractivity contribution in [3.8, 4) is 5.75 Å². The highest BCUT2D eigenvalue weighted by Crippen LogP contribution is 2.49. The Bertz CT molecular complexity index is 2070. The molecule has 6 N–H and O–H groups in total. The third kappa shape index (κ3) is 8.11. The number of nitrogens with two attached hydrogens (primary N) is 2. The molecular formula is C47H61N7O9. The van der Waals surface area contributed by atoms with Crippen molar-refractivity contribution >= 4 is 41.5 Å². The predicted molar refractivity (Wildman–Crippen MR) is 236 cm³/mol. The summed E-state index contributed by atoms with van der Waals surface area (Å²) in [5, 5.41) is 19.6. The van der Waals surface area contributed by atoms with E-state index in [4.69, 9.17) is 16.2 Å². The molecule has 3 aromatic rings. The van der Waals surface area contributed by atoms with Gasteiger partial charge in [0.15, 0.2) is 0 Å². The first-order valence-corrected chi connectivity index (χ1v) is 21.6. The van der Waals surface area contributed by atoms with Gasteiger partial charge in [0.05, 0.1) is 19.2 Å². The number of ether oxygens (including phenoxy) is 1. The normalized spacial score (nSPS) is 23.2. The number of methoxy groups -OCH3 is 1. The summed E-state index contributed by atoms with van der Waals surface area (Å²) in [6.45, 7) is 7.59. The van der Waals surface area contributed by atoms with Gasteiger partial charge < -0.3 is 41.1 Å². The van der Waals surface area contributed by atoms with Crippen LogP contribution in [-0.4, -0.2) is 112 Å². The lowest BCUT2D eigenvalue weighted by Crippen LogP contribution is -2.59. The average Bonchev–Trinajstić information content (AvgIpc) is 4.02. The molecule has 3 aromatic carbocycles. The molecule has 6 amide bonds. The second-order valence-electron chi connectivity index (χ2n) is 17.8. The second kappa shape index (κ2) is 18.2. The number of likely N-dealkylation sites (tertiary alicyclic amines) is 2. The van der Waals surface area contributed by atoms with E-state index in [9.17, 15) is 39.0 Å². The molecule has 0 radical (unpaired) electrons. The molecule has 3 fully saturated rings. The van der Waals surface area contributed by atoms with Gasteiger partial charge in [0.25, 0.3) is 0 Å². The van der Waals surface area contributed by atoms with Crippen LogP contribution in [0, 0.1) is 11.8 Å². The van der Waals surface area contributed by atoms with Crippen LogP contribution in [0.5, 0.6) is 5.75 Å². The van der Waals surface area contributed by atoms with Gasteiger partial charge in [-0.3, -0.25) is 29.0 Å². The summed E-state index contributed by atoms with van der Waals surface area (Å²) in [5.41, 5.74) is 13.4. The Kier molecular flexibility index (Phi) is 13.3. The average molecular weight is 868 g/mol. The van der Waals surface area contributed by atoms with E-state index in [1.165, 1.54) is 23.9 Å². The lowest BCUT2D eigenvalue weighted by Gasteiger charge is -2.41. The number of primary amides is 2. The summed E-state index contributed by atoms with van der Waals surface area (Å²) >= 11 is 0. The van der Waals surface area contributed by atoms with Crippen LogP contribution in [0.1, 0.15) is 101 Å². The van der Waals surface area contributed by atoms with Gasteiger partial charge >= 0.3 is 12.2 Å². The van der Waals surface area contributed by atoms with E-state index in [1.54, 1.807) is 34.8 Å². The molecule has 3 aliphatic rings. The first kappa shape index (κ1) is 46.2. The van der Waals surface area contributed by atoms with Crippen LogP contribution in [0.15, 0.2) is 72.8 Å². The van der Waals surface area contributed by atoms with E-state index < -0.39 is 59.0 Å². The molecular weight excluding hydrogens is 807 g/mol. The van der Waals surface area contributed by atoms with Gasteiger partial charge in [0.2, 0.25) is 23.6 Å². The quantitative estimate of drug-likeness (QED) is 0.156. The molecule has 1 unspecified atom stereocenters. The number of carbonyl (C=O) groups is 6. The van der Waals surface area contributed by atoms with Crippen molar-refractivity contribution < 1.29 is 43.7 Å².